The van der Waals surface area contributed by atoms with Crippen molar-refractivity contribution >= 4 is 16.9 Å². The van der Waals surface area contributed by atoms with Gasteiger partial charge in [-0.25, -0.2) is 4.39 Å². The van der Waals surface area contributed by atoms with Gasteiger partial charge < -0.3 is 14.1 Å². The van der Waals surface area contributed by atoms with Crippen LogP contribution in [0.3, 0.4) is 0 Å². The van der Waals surface area contributed by atoms with Gasteiger partial charge in [0, 0.05) is 26.2 Å². The number of hydrogen-bond donors (Lipinski definition) is 0. The Morgan fingerprint density at radius 2 is 1.71 bits per heavy atom. The predicted molar refractivity (Wildman–Crippen MR) is 132 cm³/mol. The number of carbonyl (C=O) groups excluding carboxylic acids is 1. The van der Waals surface area contributed by atoms with E-state index in [2.05, 4.69) is 25.7 Å². The van der Waals surface area contributed by atoms with Crippen LogP contribution in [0.1, 0.15) is 60.5 Å². The molecule has 0 bridgehead atoms. The third-order valence-corrected chi connectivity index (χ3v) is 7.00. The summed E-state index contributed by atoms with van der Waals surface area (Å²) < 4.78 is 25.3. The highest BCUT2D eigenvalue weighted by Gasteiger charge is 2.42. The zero-order valence-electron chi connectivity index (χ0n) is 20.5. The maximum atomic E-state index is 14.0. The van der Waals surface area contributed by atoms with Crippen LogP contribution >= 0.6 is 0 Å². The fraction of sp³-hybridized carbons (Fsp3) is 0.429. The molecule has 184 valence electrons. The lowest BCUT2D eigenvalue weighted by Gasteiger charge is -2.29. The SMILES string of the molecule is CC(C)(C)c1ccc(C2c3c(oc4ccc(F)cc4c3=O)C(=O)N2CCCN2CCOCC2)cc1. The van der Waals surface area contributed by atoms with E-state index in [1.165, 1.54) is 18.2 Å². The largest absolute Gasteiger partial charge is 0.450 e. The highest BCUT2D eigenvalue weighted by atomic mass is 19.1. The molecule has 35 heavy (non-hydrogen) atoms. The van der Waals surface area contributed by atoms with Gasteiger partial charge in [-0.1, -0.05) is 45.0 Å². The van der Waals surface area contributed by atoms with Gasteiger partial charge in [-0.05, 0) is 41.2 Å². The molecule has 2 aromatic carbocycles. The highest BCUT2D eigenvalue weighted by molar-refractivity contribution is 5.99. The first-order chi connectivity index (χ1) is 16.7. The van der Waals surface area contributed by atoms with Gasteiger partial charge in [-0.2, -0.15) is 0 Å². The second-order valence-corrected chi connectivity index (χ2v) is 10.4. The number of benzene rings is 2. The lowest BCUT2D eigenvalue weighted by Crippen LogP contribution is -2.38. The molecule has 1 aromatic heterocycles. The molecule has 2 aliphatic heterocycles. The molecule has 0 spiro atoms. The minimum absolute atomic E-state index is 0.0213. The molecule has 5 rings (SSSR count). The smallest absolute Gasteiger partial charge is 0.290 e. The predicted octanol–water partition coefficient (Wildman–Crippen LogP) is 4.50. The van der Waals surface area contributed by atoms with E-state index in [0.29, 0.717) is 12.1 Å². The van der Waals surface area contributed by atoms with Crippen molar-refractivity contribution in [2.45, 2.75) is 38.6 Å². The van der Waals surface area contributed by atoms with Crippen molar-refractivity contribution in [3.63, 3.8) is 0 Å². The molecule has 6 nitrogen and oxygen atoms in total. The van der Waals surface area contributed by atoms with Crippen molar-refractivity contribution in [2.75, 3.05) is 39.4 Å². The molecule has 2 aliphatic rings. The van der Waals surface area contributed by atoms with Gasteiger partial charge in [0.25, 0.3) is 5.91 Å². The number of hydrogen-bond acceptors (Lipinski definition) is 5. The van der Waals surface area contributed by atoms with Crippen molar-refractivity contribution in [1.82, 2.24) is 9.80 Å². The van der Waals surface area contributed by atoms with Crippen LogP contribution in [0.15, 0.2) is 51.7 Å². The standard InChI is InChI=1S/C28H31FN2O4/c1-28(2,3)19-7-5-18(6-8-19)24-23-25(32)21-17-20(29)9-10-22(21)35-26(23)27(33)31(24)12-4-11-30-13-15-34-16-14-30/h5-10,17,24H,4,11-16H2,1-3H3. The average molecular weight is 479 g/mol. The van der Waals surface area contributed by atoms with Crippen LogP contribution < -0.4 is 5.43 Å². The van der Waals surface area contributed by atoms with Crippen LogP contribution in [-0.4, -0.2) is 55.1 Å². The van der Waals surface area contributed by atoms with E-state index in [0.717, 1.165) is 50.4 Å². The zero-order chi connectivity index (χ0) is 24.7. The first kappa shape index (κ1) is 23.7. The first-order valence-corrected chi connectivity index (χ1v) is 12.2. The van der Waals surface area contributed by atoms with Crippen LogP contribution in [-0.2, 0) is 10.2 Å². The minimum atomic E-state index is -0.569. The summed E-state index contributed by atoms with van der Waals surface area (Å²) in [5, 5.41) is 0.156. The van der Waals surface area contributed by atoms with Gasteiger partial charge >= 0.3 is 0 Å². The van der Waals surface area contributed by atoms with Crippen LogP contribution in [0.5, 0.6) is 0 Å². The summed E-state index contributed by atoms with van der Waals surface area (Å²) in [6, 6.07) is 11.3. The number of nitrogens with zero attached hydrogens (tertiary/aromatic N) is 2. The third kappa shape index (κ3) is 4.50. The van der Waals surface area contributed by atoms with E-state index in [9.17, 15) is 14.0 Å². The van der Waals surface area contributed by atoms with Crippen LogP contribution in [0.2, 0.25) is 0 Å². The first-order valence-electron chi connectivity index (χ1n) is 12.2. The number of ether oxygens (including phenoxy) is 1. The van der Waals surface area contributed by atoms with E-state index >= 15 is 0 Å². The van der Waals surface area contributed by atoms with E-state index in [4.69, 9.17) is 9.15 Å². The summed E-state index contributed by atoms with van der Waals surface area (Å²) in [4.78, 5) is 31.2. The molecule has 0 radical (unpaired) electrons. The molecule has 1 fully saturated rings. The molecule has 7 heteroatoms. The molecule has 1 unspecified atom stereocenters. The number of amides is 1. The van der Waals surface area contributed by atoms with E-state index in [1.54, 1.807) is 4.90 Å². The van der Waals surface area contributed by atoms with Crippen molar-refractivity contribution in [1.29, 1.82) is 0 Å². The molecule has 0 aliphatic carbocycles. The maximum absolute atomic E-state index is 14.0. The van der Waals surface area contributed by atoms with Gasteiger partial charge in [0.15, 0.2) is 5.43 Å². The molecule has 0 saturated carbocycles. The molecule has 3 aromatic rings. The topological polar surface area (TPSA) is 63.0 Å². The Bertz CT molecular complexity index is 1300. The van der Waals surface area contributed by atoms with Gasteiger partial charge in [0.2, 0.25) is 5.76 Å². The molecule has 1 atom stereocenters. The van der Waals surface area contributed by atoms with Gasteiger partial charge in [-0.15, -0.1) is 0 Å². The summed E-state index contributed by atoms with van der Waals surface area (Å²) in [5.41, 5.74) is 2.15. The summed E-state index contributed by atoms with van der Waals surface area (Å²) in [5.74, 6) is -0.747. The molecule has 3 heterocycles. The highest BCUT2D eigenvalue weighted by Crippen LogP contribution is 2.39. The Labute approximate surface area is 204 Å². The number of fused-ring (bicyclic) bond motifs is 2. The minimum Gasteiger partial charge on any atom is -0.450 e. The Morgan fingerprint density at radius 1 is 1.00 bits per heavy atom. The van der Waals surface area contributed by atoms with Crippen molar-refractivity contribution in [3.8, 4) is 0 Å². The van der Waals surface area contributed by atoms with E-state index in [-0.39, 0.29) is 33.5 Å². The monoisotopic (exact) mass is 478 g/mol. The number of morpholine rings is 1. The normalized spacial score (nSPS) is 18.9. The summed E-state index contributed by atoms with van der Waals surface area (Å²) in [6.07, 6.45) is 0.763. The lowest BCUT2D eigenvalue weighted by molar-refractivity contribution is 0.0353. The molecular formula is C28H31FN2O4. The summed E-state index contributed by atoms with van der Waals surface area (Å²) >= 11 is 0. The summed E-state index contributed by atoms with van der Waals surface area (Å²) in [7, 11) is 0. The second-order valence-electron chi connectivity index (χ2n) is 10.4. The second kappa shape index (κ2) is 9.21. The van der Waals surface area contributed by atoms with Gasteiger partial charge in [0.1, 0.15) is 11.4 Å². The van der Waals surface area contributed by atoms with Crippen molar-refractivity contribution in [3.05, 3.63) is 81.0 Å². The van der Waals surface area contributed by atoms with Gasteiger partial charge in [0.05, 0.1) is 30.2 Å². The van der Waals surface area contributed by atoms with Crippen LogP contribution in [0, 0.1) is 5.82 Å². The van der Waals surface area contributed by atoms with Crippen LogP contribution in [0.4, 0.5) is 4.39 Å². The maximum Gasteiger partial charge on any atom is 0.290 e. The Balaban J connectivity index is 1.54. The molecular weight excluding hydrogens is 447 g/mol. The molecule has 0 N–H and O–H groups in total. The van der Waals surface area contributed by atoms with Crippen molar-refractivity contribution < 1.29 is 18.3 Å². The Kier molecular flexibility index (Phi) is 6.23. The fourth-order valence-electron chi connectivity index (χ4n) is 5.02. The average Bonchev–Trinajstić information content (AvgIpc) is 3.12. The number of halogens is 1. The van der Waals surface area contributed by atoms with E-state index < -0.39 is 11.9 Å². The molecule has 1 saturated heterocycles. The number of rotatable bonds is 5. The third-order valence-electron chi connectivity index (χ3n) is 7.00. The Hall–Kier alpha value is -3.03. The van der Waals surface area contributed by atoms with Crippen molar-refractivity contribution in [2.24, 2.45) is 0 Å². The van der Waals surface area contributed by atoms with Crippen LogP contribution in [0.25, 0.3) is 11.0 Å². The quantitative estimate of drug-likeness (QED) is 0.541. The van der Waals surface area contributed by atoms with Gasteiger partial charge in [-0.3, -0.25) is 14.5 Å². The number of carbonyl (C=O) groups is 1. The zero-order valence-corrected chi connectivity index (χ0v) is 20.5. The molecule has 1 amide bonds. The Morgan fingerprint density at radius 3 is 2.40 bits per heavy atom. The van der Waals surface area contributed by atoms with E-state index in [1.807, 2.05) is 24.3 Å². The fourth-order valence-corrected chi connectivity index (χ4v) is 5.02. The summed E-state index contributed by atoms with van der Waals surface area (Å²) in [6.45, 7) is 10.9. The lowest BCUT2D eigenvalue weighted by atomic mass is 9.86.